The van der Waals surface area contributed by atoms with Crippen molar-refractivity contribution in [2.75, 3.05) is 14.2 Å². The number of carbonyl (C=O) groups excluding carboxylic acids is 2. The number of fused-ring (bicyclic) bond motifs is 2. The monoisotopic (exact) mass is 444 g/mol. The van der Waals surface area contributed by atoms with E-state index in [9.17, 15) is 9.59 Å². The number of ether oxygens (including phenoxy) is 2. The highest BCUT2D eigenvalue weighted by atomic mass is 79.9. The van der Waals surface area contributed by atoms with Crippen molar-refractivity contribution in [2.24, 2.45) is 0 Å². The van der Waals surface area contributed by atoms with E-state index in [4.69, 9.17) is 9.47 Å². The molecule has 0 aliphatic carbocycles. The summed E-state index contributed by atoms with van der Waals surface area (Å²) in [5.74, 6) is 1.10. The number of hydrogen-bond acceptors (Lipinski definition) is 4. The maximum absolute atomic E-state index is 13.2. The van der Waals surface area contributed by atoms with Crippen molar-refractivity contribution in [2.45, 2.75) is 30.9 Å². The van der Waals surface area contributed by atoms with Gasteiger partial charge in [0.15, 0.2) is 5.54 Å². The lowest BCUT2D eigenvalue weighted by atomic mass is 9.75. The van der Waals surface area contributed by atoms with Gasteiger partial charge in [-0.25, -0.2) is 4.79 Å². The van der Waals surface area contributed by atoms with Crippen LogP contribution in [-0.4, -0.2) is 36.6 Å². The fourth-order valence-electron chi connectivity index (χ4n) is 4.20. The summed E-state index contributed by atoms with van der Waals surface area (Å²) in [6, 6.07) is 12.9. The van der Waals surface area contributed by atoms with Gasteiger partial charge in [-0.2, -0.15) is 0 Å². The van der Waals surface area contributed by atoms with E-state index in [0.717, 1.165) is 20.7 Å². The maximum atomic E-state index is 13.2. The van der Waals surface area contributed by atoms with Gasteiger partial charge in [-0.05, 0) is 42.8 Å². The lowest BCUT2D eigenvalue weighted by Gasteiger charge is -2.44. The van der Waals surface area contributed by atoms with Crippen LogP contribution in [-0.2, 0) is 16.8 Å². The number of halogens is 1. The Labute approximate surface area is 171 Å². The Kier molecular flexibility index (Phi) is 4.38. The van der Waals surface area contributed by atoms with E-state index in [1.165, 1.54) is 7.05 Å². The van der Waals surface area contributed by atoms with Crippen LogP contribution in [0.3, 0.4) is 0 Å². The molecule has 1 fully saturated rings. The Morgan fingerprint density at radius 2 is 2.04 bits per heavy atom. The van der Waals surface area contributed by atoms with Gasteiger partial charge < -0.3 is 14.8 Å². The minimum absolute atomic E-state index is 0.267. The van der Waals surface area contributed by atoms with Crippen molar-refractivity contribution in [1.29, 1.82) is 0 Å². The highest BCUT2D eigenvalue weighted by Crippen LogP contribution is 2.48. The van der Waals surface area contributed by atoms with E-state index in [0.29, 0.717) is 24.2 Å². The second kappa shape index (κ2) is 6.51. The molecule has 2 unspecified atom stereocenters. The number of nitrogens with zero attached hydrogens (tertiary/aromatic N) is 1. The SMILES string of the molecule is COc1cccc(CC2(C)CC3(NC(=O)N(C)C3=O)c3cc(Br)ccc3O2)c1. The molecule has 0 saturated carbocycles. The van der Waals surface area contributed by atoms with Crippen LogP contribution < -0.4 is 14.8 Å². The number of urea groups is 1. The van der Waals surface area contributed by atoms with E-state index >= 15 is 0 Å². The quantitative estimate of drug-likeness (QED) is 0.734. The van der Waals surface area contributed by atoms with Gasteiger partial charge in [0.2, 0.25) is 0 Å². The number of methoxy groups -OCH3 is 1. The molecule has 0 aromatic heterocycles. The van der Waals surface area contributed by atoms with Crippen LogP contribution in [0.25, 0.3) is 0 Å². The van der Waals surface area contributed by atoms with E-state index in [2.05, 4.69) is 21.2 Å². The molecule has 0 bridgehead atoms. The lowest BCUT2D eigenvalue weighted by molar-refractivity contribution is -0.134. The summed E-state index contributed by atoms with van der Waals surface area (Å²) < 4.78 is 12.5. The minimum atomic E-state index is -1.14. The Morgan fingerprint density at radius 3 is 2.71 bits per heavy atom. The second-order valence-corrected chi connectivity index (χ2v) is 8.51. The maximum Gasteiger partial charge on any atom is 0.325 e. The molecule has 2 aliphatic rings. The van der Waals surface area contributed by atoms with Crippen molar-refractivity contribution in [3.05, 3.63) is 58.1 Å². The van der Waals surface area contributed by atoms with Crippen LogP contribution >= 0.6 is 15.9 Å². The number of carbonyl (C=O) groups is 2. The third-order valence-electron chi connectivity index (χ3n) is 5.40. The number of hydrogen-bond donors (Lipinski definition) is 1. The van der Waals surface area contributed by atoms with Gasteiger partial charge in [0.1, 0.15) is 17.1 Å². The van der Waals surface area contributed by atoms with E-state index in [-0.39, 0.29) is 5.91 Å². The van der Waals surface area contributed by atoms with Crippen LogP contribution in [0.2, 0.25) is 0 Å². The number of imide groups is 1. The number of likely N-dealkylation sites (N-methyl/N-ethyl adjacent to an activating group) is 1. The first-order chi connectivity index (χ1) is 13.3. The summed E-state index contributed by atoms with van der Waals surface area (Å²) in [7, 11) is 3.13. The molecule has 1 saturated heterocycles. The summed E-state index contributed by atoms with van der Waals surface area (Å²) in [6.07, 6.45) is 0.893. The Morgan fingerprint density at radius 1 is 1.25 bits per heavy atom. The summed E-state index contributed by atoms with van der Waals surface area (Å²) in [5, 5.41) is 2.93. The summed E-state index contributed by atoms with van der Waals surface area (Å²) in [4.78, 5) is 26.6. The predicted octanol–water partition coefficient (Wildman–Crippen LogP) is 3.62. The first-order valence-electron chi connectivity index (χ1n) is 8.99. The van der Waals surface area contributed by atoms with Crippen LogP contribution in [0.4, 0.5) is 4.79 Å². The van der Waals surface area contributed by atoms with Crippen molar-refractivity contribution in [1.82, 2.24) is 10.2 Å². The molecule has 6 nitrogen and oxygen atoms in total. The fourth-order valence-corrected chi connectivity index (χ4v) is 4.56. The molecule has 28 heavy (non-hydrogen) atoms. The van der Waals surface area contributed by atoms with Gasteiger partial charge in [0.05, 0.1) is 7.11 Å². The van der Waals surface area contributed by atoms with Gasteiger partial charge in [-0.15, -0.1) is 0 Å². The molecule has 3 amide bonds. The number of amides is 3. The predicted molar refractivity (Wildman–Crippen MR) is 107 cm³/mol. The van der Waals surface area contributed by atoms with Gasteiger partial charge in [-0.1, -0.05) is 28.1 Å². The highest BCUT2D eigenvalue weighted by molar-refractivity contribution is 9.10. The zero-order valence-corrected chi connectivity index (χ0v) is 17.5. The summed E-state index contributed by atoms with van der Waals surface area (Å²) in [5.41, 5.74) is -0.131. The van der Waals surface area contributed by atoms with Crippen LogP contribution in [0.5, 0.6) is 11.5 Å². The Hall–Kier alpha value is -2.54. The zero-order valence-electron chi connectivity index (χ0n) is 15.9. The molecule has 1 N–H and O–H groups in total. The molecule has 0 radical (unpaired) electrons. The molecule has 2 aromatic rings. The first-order valence-corrected chi connectivity index (χ1v) is 9.78. The Balaban J connectivity index is 1.79. The van der Waals surface area contributed by atoms with Crippen LogP contribution in [0.15, 0.2) is 46.9 Å². The molecule has 2 aromatic carbocycles. The molecular formula is C21H21BrN2O4. The van der Waals surface area contributed by atoms with Gasteiger partial charge in [0, 0.05) is 29.9 Å². The first kappa shape index (κ1) is 18.8. The average molecular weight is 445 g/mol. The lowest BCUT2D eigenvalue weighted by Crippen LogP contribution is -2.55. The molecule has 4 rings (SSSR count). The van der Waals surface area contributed by atoms with Crippen molar-refractivity contribution in [3.63, 3.8) is 0 Å². The smallest absolute Gasteiger partial charge is 0.325 e. The fraction of sp³-hybridized carbons (Fsp3) is 0.333. The number of nitrogens with one attached hydrogen (secondary N) is 1. The second-order valence-electron chi connectivity index (χ2n) is 7.60. The van der Waals surface area contributed by atoms with Crippen molar-refractivity contribution >= 4 is 27.9 Å². The van der Waals surface area contributed by atoms with Crippen molar-refractivity contribution < 1.29 is 19.1 Å². The van der Waals surface area contributed by atoms with E-state index < -0.39 is 17.2 Å². The molecular weight excluding hydrogens is 424 g/mol. The van der Waals surface area contributed by atoms with Gasteiger partial charge in [0.25, 0.3) is 5.91 Å². The average Bonchev–Trinajstić information content (AvgIpc) is 2.86. The minimum Gasteiger partial charge on any atom is -0.497 e. The topological polar surface area (TPSA) is 67.9 Å². The van der Waals surface area contributed by atoms with Gasteiger partial charge >= 0.3 is 6.03 Å². The van der Waals surface area contributed by atoms with Crippen molar-refractivity contribution in [3.8, 4) is 11.5 Å². The number of benzene rings is 2. The normalized spacial score (nSPS) is 26.1. The third kappa shape index (κ3) is 2.94. The summed E-state index contributed by atoms with van der Waals surface area (Å²) in [6.45, 7) is 1.97. The number of rotatable bonds is 3. The molecule has 1 spiro atoms. The summed E-state index contributed by atoms with van der Waals surface area (Å²) >= 11 is 3.46. The molecule has 146 valence electrons. The van der Waals surface area contributed by atoms with Gasteiger partial charge in [-0.3, -0.25) is 9.69 Å². The molecule has 2 heterocycles. The zero-order chi connectivity index (χ0) is 20.1. The highest BCUT2D eigenvalue weighted by Gasteiger charge is 2.58. The molecule has 2 aliphatic heterocycles. The molecule has 2 atom stereocenters. The largest absolute Gasteiger partial charge is 0.497 e. The standard InChI is InChI=1S/C21H21BrN2O4/c1-20(11-13-5-4-6-15(9-13)27-3)12-21(18(25)24(2)19(26)23-21)16-10-14(22)7-8-17(16)28-20/h4-10H,11-12H2,1-3H3,(H,23,26). The molecule has 7 heteroatoms. The van der Waals surface area contributed by atoms with Crippen LogP contribution in [0.1, 0.15) is 24.5 Å². The van der Waals surface area contributed by atoms with Crippen LogP contribution in [0, 0.1) is 0 Å². The van der Waals surface area contributed by atoms with E-state index in [1.807, 2.05) is 49.4 Å². The third-order valence-corrected chi connectivity index (χ3v) is 5.90. The van der Waals surface area contributed by atoms with E-state index in [1.54, 1.807) is 7.11 Å². The Bertz CT molecular complexity index is 979.